The van der Waals surface area contributed by atoms with Crippen molar-refractivity contribution in [1.29, 1.82) is 0 Å². The van der Waals surface area contributed by atoms with Crippen LogP contribution in [0, 0.1) is 0 Å². The van der Waals surface area contributed by atoms with E-state index in [9.17, 15) is 8.42 Å². The van der Waals surface area contributed by atoms with E-state index in [1.807, 2.05) is 59.3 Å². The summed E-state index contributed by atoms with van der Waals surface area (Å²) in [4.78, 5) is 6.56. The van der Waals surface area contributed by atoms with E-state index in [4.69, 9.17) is 4.55 Å². The van der Waals surface area contributed by atoms with Gasteiger partial charge in [-0.25, -0.2) is 4.98 Å². The highest BCUT2D eigenvalue weighted by Crippen LogP contribution is 2.27. The number of thiophene rings is 1. The third kappa shape index (κ3) is 3.70. The molecule has 0 spiro atoms. The number of fused-ring (bicyclic) bond motifs is 1. The molecule has 0 amide bonds. The van der Waals surface area contributed by atoms with Gasteiger partial charge in [0.05, 0.1) is 11.0 Å². The fourth-order valence-electron chi connectivity index (χ4n) is 2.21. The number of rotatable bonds is 2. The maximum Gasteiger partial charge on any atom is 0.328 e. The molecule has 0 saturated heterocycles. The summed E-state index contributed by atoms with van der Waals surface area (Å²) >= 11 is 1.71. The molecule has 0 radical (unpaired) electrons. The molecule has 2 heterocycles. The van der Waals surface area contributed by atoms with E-state index in [0.29, 0.717) is 11.0 Å². The Morgan fingerprint density at radius 1 is 0.917 bits per heavy atom. The van der Waals surface area contributed by atoms with Gasteiger partial charge in [0.25, 0.3) is 5.16 Å². The van der Waals surface area contributed by atoms with Gasteiger partial charge in [-0.05, 0) is 22.4 Å². The number of H-pyrrole nitrogens is 1. The second kappa shape index (κ2) is 6.96. The maximum absolute atomic E-state index is 11.1. The molecular formula is C17H14N2O3S2. The molecule has 0 atom stereocenters. The molecule has 0 aliphatic rings. The summed E-state index contributed by atoms with van der Waals surface area (Å²) in [5.41, 5.74) is 2.82. The van der Waals surface area contributed by atoms with E-state index >= 15 is 0 Å². The monoisotopic (exact) mass is 358 g/mol. The van der Waals surface area contributed by atoms with Crippen molar-refractivity contribution in [2.45, 2.75) is 5.16 Å². The molecule has 0 aliphatic carbocycles. The predicted octanol–water partition coefficient (Wildman–Crippen LogP) is 4.22. The SMILES string of the molecule is O=S(=O)(O)c1nc2c(-c3ccccc3)cccc2[nH]1.c1ccsc1. The van der Waals surface area contributed by atoms with Crippen molar-refractivity contribution >= 4 is 32.5 Å². The van der Waals surface area contributed by atoms with Crippen LogP contribution in [0.1, 0.15) is 0 Å². The van der Waals surface area contributed by atoms with E-state index in [2.05, 4.69) is 9.97 Å². The number of nitrogens with one attached hydrogen (secondary N) is 1. The summed E-state index contributed by atoms with van der Waals surface area (Å²) in [5, 5.41) is 3.64. The quantitative estimate of drug-likeness (QED) is 0.525. The van der Waals surface area contributed by atoms with Crippen LogP contribution in [0.2, 0.25) is 0 Å². The first-order valence-corrected chi connectivity index (χ1v) is 9.43. The summed E-state index contributed by atoms with van der Waals surface area (Å²) in [5.74, 6) is 0. The molecule has 5 nitrogen and oxygen atoms in total. The van der Waals surface area contributed by atoms with E-state index in [1.165, 1.54) is 0 Å². The molecule has 0 unspecified atom stereocenters. The number of para-hydroxylation sites is 1. The van der Waals surface area contributed by atoms with Crippen LogP contribution in [-0.4, -0.2) is 22.9 Å². The summed E-state index contributed by atoms with van der Waals surface area (Å²) in [6, 6.07) is 18.9. The Morgan fingerprint density at radius 3 is 2.21 bits per heavy atom. The van der Waals surface area contributed by atoms with Crippen molar-refractivity contribution in [3.8, 4) is 11.1 Å². The minimum absolute atomic E-state index is 0.439. The van der Waals surface area contributed by atoms with Crippen LogP contribution < -0.4 is 0 Å². The lowest BCUT2D eigenvalue weighted by atomic mass is 10.0. The molecule has 7 heteroatoms. The molecule has 2 aromatic heterocycles. The predicted molar refractivity (Wildman–Crippen MR) is 95.7 cm³/mol. The molecule has 0 aliphatic heterocycles. The van der Waals surface area contributed by atoms with Gasteiger partial charge in [0.1, 0.15) is 0 Å². The number of hydrogen-bond donors (Lipinski definition) is 2. The molecule has 122 valence electrons. The molecule has 24 heavy (non-hydrogen) atoms. The van der Waals surface area contributed by atoms with Crippen LogP contribution in [-0.2, 0) is 10.1 Å². The zero-order chi connectivity index (χ0) is 17.0. The normalized spacial score (nSPS) is 11.0. The number of aromatic amines is 1. The van der Waals surface area contributed by atoms with Gasteiger partial charge in [0.2, 0.25) is 0 Å². The van der Waals surface area contributed by atoms with Gasteiger partial charge in [0, 0.05) is 5.56 Å². The second-order valence-corrected chi connectivity index (χ2v) is 7.03. The lowest BCUT2D eigenvalue weighted by Gasteiger charge is -2.01. The zero-order valence-corrected chi connectivity index (χ0v) is 14.1. The minimum Gasteiger partial charge on any atom is -0.327 e. The van der Waals surface area contributed by atoms with Crippen LogP contribution in [0.5, 0.6) is 0 Å². The summed E-state index contributed by atoms with van der Waals surface area (Å²) < 4.78 is 31.3. The van der Waals surface area contributed by atoms with Crippen LogP contribution in [0.4, 0.5) is 0 Å². The number of hydrogen-bond acceptors (Lipinski definition) is 4. The summed E-state index contributed by atoms with van der Waals surface area (Å²) in [7, 11) is -4.33. The molecule has 4 aromatic rings. The lowest BCUT2D eigenvalue weighted by molar-refractivity contribution is 0.476. The number of nitrogens with zero attached hydrogens (tertiary/aromatic N) is 1. The van der Waals surface area contributed by atoms with E-state index in [1.54, 1.807) is 23.5 Å². The number of aromatic nitrogens is 2. The third-order valence-corrected chi connectivity index (χ3v) is 4.56. The fraction of sp³-hybridized carbons (Fsp3) is 0. The molecule has 4 rings (SSSR count). The topological polar surface area (TPSA) is 83.1 Å². The first-order valence-electron chi connectivity index (χ1n) is 7.04. The zero-order valence-electron chi connectivity index (χ0n) is 12.5. The van der Waals surface area contributed by atoms with Crippen molar-refractivity contribution in [3.63, 3.8) is 0 Å². The van der Waals surface area contributed by atoms with Crippen LogP contribution >= 0.6 is 11.3 Å². The Hall–Kier alpha value is -2.48. The van der Waals surface area contributed by atoms with Gasteiger partial charge < -0.3 is 4.98 Å². The highest BCUT2D eigenvalue weighted by molar-refractivity contribution is 7.85. The van der Waals surface area contributed by atoms with Gasteiger partial charge in [-0.1, -0.05) is 54.6 Å². The standard InChI is InChI=1S/C13H10N2O3S.C4H4S/c16-19(17,18)13-14-11-8-4-7-10(12(11)15-13)9-5-2-1-3-6-9;1-2-4-5-3-1/h1-8H,(H,14,15)(H,16,17,18);1-4H. The average Bonchev–Trinajstić information content (AvgIpc) is 3.27. The molecule has 0 saturated carbocycles. The van der Waals surface area contributed by atoms with Gasteiger partial charge in [-0.15, -0.1) is 0 Å². The maximum atomic E-state index is 11.1. The van der Waals surface area contributed by atoms with Crippen molar-refractivity contribution in [2.24, 2.45) is 0 Å². The minimum atomic E-state index is -4.33. The fourth-order valence-corrected chi connectivity index (χ4v) is 3.11. The van der Waals surface area contributed by atoms with E-state index in [-0.39, 0.29) is 0 Å². The van der Waals surface area contributed by atoms with Crippen molar-refractivity contribution < 1.29 is 13.0 Å². The van der Waals surface area contributed by atoms with Gasteiger partial charge in [-0.2, -0.15) is 19.8 Å². The van der Waals surface area contributed by atoms with Gasteiger partial charge in [0.15, 0.2) is 0 Å². The Morgan fingerprint density at radius 2 is 1.62 bits per heavy atom. The van der Waals surface area contributed by atoms with Gasteiger partial charge >= 0.3 is 10.1 Å². The average molecular weight is 358 g/mol. The van der Waals surface area contributed by atoms with E-state index in [0.717, 1.165) is 11.1 Å². The molecular weight excluding hydrogens is 344 g/mol. The third-order valence-electron chi connectivity index (χ3n) is 3.25. The van der Waals surface area contributed by atoms with Crippen molar-refractivity contribution in [2.75, 3.05) is 0 Å². The molecule has 0 fully saturated rings. The van der Waals surface area contributed by atoms with Crippen molar-refractivity contribution in [1.82, 2.24) is 9.97 Å². The van der Waals surface area contributed by atoms with Gasteiger partial charge in [-0.3, -0.25) is 4.55 Å². The number of benzene rings is 2. The smallest absolute Gasteiger partial charge is 0.327 e. The Labute approximate surface area is 143 Å². The van der Waals surface area contributed by atoms with Crippen LogP contribution in [0.25, 0.3) is 22.2 Å². The summed E-state index contributed by atoms with van der Waals surface area (Å²) in [6.07, 6.45) is 0. The Balaban J connectivity index is 0.000000290. The molecule has 2 N–H and O–H groups in total. The lowest BCUT2D eigenvalue weighted by Crippen LogP contribution is -1.99. The highest BCUT2D eigenvalue weighted by Gasteiger charge is 2.17. The van der Waals surface area contributed by atoms with Crippen LogP contribution in [0.3, 0.4) is 0 Å². The molecule has 2 aromatic carbocycles. The first-order chi connectivity index (χ1) is 11.6. The number of imidazole rings is 1. The summed E-state index contributed by atoms with van der Waals surface area (Å²) in [6.45, 7) is 0. The Bertz CT molecular complexity index is 1010. The Kier molecular flexibility index (Phi) is 4.75. The second-order valence-electron chi connectivity index (χ2n) is 4.88. The highest BCUT2D eigenvalue weighted by atomic mass is 32.2. The van der Waals surface area contributed by atoms with Crippen LogP contribution in [0.15, 0.2) is 76.6 Å². The molecule has 0 bridgehead atoms. The largest absolute Gasteiger partial charge is 0.328 e. The first kappa shape index (κ1) is 16.4. The van der Waals surface area contributed by atoms with Crippen molar-refractivity contribution in [3.05, 3.63) is 71.4 Å². The van der Waals surface area contributed by atoms with E-state index < -0.39 is 15.3 Å².